The van der Waals surface area contributed by atoms with E-state index in [2.05, 4.69) is 32.9 Å². The molecule has 0 spiro atoms. The fourth-order valence-corrected chi connectivity index (χ4v) is 4.63. The molecule has 2 fully saturated rings. The van der Waals surface area contributed by atoms with E-state index in [1.807, 2.05) is 21.9 Å². The second kappa shape index (κ2) is 9.77. The predicted octanol–water partition coefficient (Wildman–Crippen LogP) is 5.02. The maximum absolute atomic E-state index is 12.9. The van der Waals surface area contributed by atoms with Gasteiger partial charge in [0.25, 0.3) is 5.91 Å². The number of hydrogen-bond donors (Lipinski definition) is 0. The number of amides is 2. The molecule has 2 amide bonds. The van der Waals surface area contributed by atoms with Crippen LogP contribution >= 0.6 is 0 Å². The highest BCUT2D eigenvalue weighted by Crippen LogP contribution is 2.27. The van der Waals surface area contributed by atoms with Gasteiger partial charge in [-0.25, -0.2) is 0 Å². The Morgan fingerprint density at radius 1 is 0.862 bits per heavy atom. The molecule has 0 radical (unpaired) electrons. The number of nitrogens with zero attached hydrogens (tertiary/aromatic N) is 2. The first-order chi connectivity index (χ1) is 13.8. The fraction of sp³-hybridized carbons (Fsp3) is 0.680. The summed E-state index contributed by atoms with van der Waals surface area (Å²) in [5.41, 5.74) is 2.07. The Hall–Kier alpha value is -1.84. The second-order valence-electron chi connectivity index (χ2n) is 9.90. The van der Waals surface area contributed by atoms with Gasteiger partial charge in [-0.3, -0.25) is 9.59 Å². The molecule has 1 aromatic carbocycles. The zero-order chi connectivity index (χ0) is 20.9. The minimum Gasteiger partial charge on any atom is -0.341 e. The van der Waals surface area contributed by atoms with Crippen LogP contribution < -0.4 is 0 Å². The molecule has 0 N–H and O–H groups in total. The third-order valence-corrected chi connectivity index (χ3v) is 6.62. The molecule has 160 valence electrons. The topological polar surface area (TPSA) is 40.6 Å². The molecule has 1 saturated carbocycles. The molecule has 3 rings (SSSR count). The van der Waals surface area contributed by atoms with Gasteiger partial charge in [-0.15, -0.1) is 0 Å². The Morgan fingerprint density at radius 2 is 1.48 bits per heavy atom. The molecule has 2 aliphatic rings. The maximum atomic E-state index is 12.9. The van der Waals surface area contributed by atoms with E-state index in [0.29, 0.717) is 19.5 Å². The SMILES string of the molecule is CC(C)(C)c1ccc(C(=O)N2CCCN(C(=O)CCC3CCCCC3)CC2)cc1. The van der Waals surface area contributed by atoms with E-state index < -0.39 is 0 Å². The van der Waals surface area contributed by atoms with Crippen molar-refractivity contribution in [1.29, 1.82) is 0 Å². The van der Waals surface area contributed by atoms with Crippen molar-refractivity contribution < 1.29 is 9.59 Å². The quantitative estimate of drug-likeness (QED) is 0.714. The van der Waals surface area contributed by atoms with Crippen molar-refractivity contribution in [2.45, 2.75) is 77.6 Å². The van der Waals surface area contributed by atoms with Crippen molar-refractivity contribution in [2.24, 2.45) is 5.92 Å². The second-order valence-corrected chi connectivity index (χ2v) is 9.90. The predicted molar refractivity (Wildman–Crippen MR) is 118 cm³/mol. The number of rotatable bonds is 4. The first-order valence-electron chi connectivity index (χ1n) is 11.5. The molecular formula is C25H38N2O2. The van der Waals surface area contributed by atoms with Gasteiger partial charge in [0.15, 0.2) is 0 Å². The molecule has 0 unspecified atom stereocenters. The smallest absolute Gasteiger partial charge is 0.253 e. The Bertz CT molecular complexity index is 684. The minimum atomic E-state index is 0.0852. The van der Waals surface area contributed by atoms with Gasteiger partial charge in [0.05, 0.1) is 0 Å². The molecule has 1 aliphatic heterocycles. The lowest BCUT2D eigenvalue weighted by atomic mass is 9.86. The lowest BCUT2D eigenvalue weighted by Crippen LogP contribution is -2.37. The van der Waals surface area contributed by atoms with E-state index >= 15 is 0 Å². The molecule has 29 heavy (non-hydrogen) atoms. The first kappa shape index (κ1) is 21.9. The molecule has 0 bridgehead atoms. The van der Waals surface area contributed by atoms with Crippen molar-refractivity contribution in [1.82, 2.24) is 9.80 Å². The van der Waals surface area contributed by atoms with Crippen LogP contribution in [-0.2, 0) is 10.2 Å². The zero-order valence-electron chi connectivity index (χ0n) is 18.6. The normalized spacial score (nSPS) is 19.1. The van der Waals surface area contributed by atoms with Crippen molar-refractivity contribution >= 4 is 11.8 Å². The van der Waals surface area contributed by atoms with Gasteiger partial charge in [-0.1, -0.05) is 65.0 Å². The van der Waals surface area contributed by atoms with Crippen LogP contribution in [0.3, 0.4) is 0 Å². The number of carbonyl (C=O) groups excluding carboxylic acids is 2. The average Bonchev–Trinajstić information content (AvgIpc) is 2.98. The van der Waals surface area contributed by atoms with E-state index in [9.17, 15) is 9.59 Å². The van der Waals surface area contributed by atoms with E-state index in [1.54, 1.807) is 0 Å². The van der Waals surface area contributed by atoms with Gasteiger partial charge in [0.2, 0.25) is 5.91 Å². The van der Waals surface area contributed by atoms with E-state index in [-0.39, 0.29) is 17.2 Å². The molecule has 1 aromatic rings. The molecule has 0 atom stereocenters. The third kappa shape index (κ3) is 6.07. The van der Waals surface area contributed by atoms with Crippen LogP contribution in [0.15, 0.2) is 24.3 Å². The molecule has 0 aromatic heterocycles. The summed E-state index contributed by atoms with van der Waals surface area (Å²) in [7, 11) is 0. The molecule has 4 heteroatoms. The Morgan fingerprint density at radius 3 is 2.14 bits per heavy atom. The Kier molecular flexibility index (Phi) is 7.37. The van der Waals surface area contributed by atoms with Gasteiger partial charge in [0.1, 0.15) is 0 Å². The first-order valence-corrected chi connectivity index (χ1v) is 11.5. The van der Waals surface area contributed by atoms with Crippen LogP contribution in [-0.4, -0.2) is 47.8 Å². The molecule has 4 nitrogen and oxygen atoms in total. The summed E-state index contributed by atoms with van der Waals surface area (Å²) in [6.07, 6.45) is 9.19. The lowest BCUT2D eigenvalue weighted by molar-refractivity contribution is -0.131. The van der Waals surface area contributed by atoms with Crippen LogP contribution in [0, 0.1) is 5.92 Å². The maximum Gasteiger partial charge on any atom is 0.253 e. The van der Waals surface area contributed by atoms with Gasteiger partial charge in [-0.2, -0.15) is 0 Å². The fourth-order valence-electron chi connectivity index (χ4n) is 4.63. The number of hydrogen-bond acceptors (Lipinski definition) is 2. The summed E-state index contributed by atoms with van der Waals surface area (Å²) in [5, 5.41) is 0. The van der Waals surface area contributed by atoms with Crippen LogP contribution in [0.2, 0.25) is 0 Å². The number of benzene rings is 1. The largest absolute Gasteiger partial charge is 0.341 e. The van der Waals surface area contributed by atoms with Gasteiger partial charge < -0.3 is 9.80 Å². The molecule has 1 heterocycles. The summed E-state index contributed by atoms with van der Waals surface area (Å²) in [5.74, 6) is 1.11. The minimum absolute atomic E-state index is 0.0852. The van der Waals surface area contributed by atoms with Gasteiger partial charge in [0, 0.05) is 38.2 Å². The molecule has 1 aliphatic carbocycles. The van der Waals surface area contributed by atoms with E-state index in [4.69, 9.17) is 0 Å². The van der Waals surface area contributed by atoms with Crippen LogP contribution in [0.5, 0.6) is 0 Å². The van der Waals surface area contributed by atoms with E-state index in [0.717, 1.165) is 37.4 Å². The van der Waals surface area contributed by atoms with Gasteiger partial charge in [-0.05, 0) is 41.9 Å². The lowest BCUT2D eigenvalue weighted by Gasteiger charge is -2.25. The highest BCUT2D eigenvalue weighted by atomic mass is 16.2. The highest BCUT2D eigenvalue weighted by molar-refractivity contribution is 5.94. The van der Waals surface area contributed by atoms with Crippen molar-refractivity contribution in [3.63, 3.8) is 0 Å². The van der Waals surface area contributed by atoms with Crippen LogP contribution in [0.25, 0.3) is 0 Å². The molecular weight excluding hydrogens is 360 g/mol. The highest BCUT2D eigenvalue weighted by Gasteiger charge is 2.24. The summed E-state index contributed by atoms with van der Waals surface area (Å²) >= 11 is 0. The monoisotopic (exact) mass is 398 g/mol. The third-order valence-electron chi connectivity index (χ3n) is 6.62. The van der Waals surface area contributed by atoms with Crippen molar-refractivity contribution in [3.05, 3.63) is 35.4 Å². The van der Waals surface area contributed by atoms with E-state index in [1.165, 1.54) is 37.7 Å². The molecule has 1 saturated heterocycles. The van der Waals surface area contributed by atoms with Crippen molar-refractivity contribution in [3.8, 4) is 0 Å². The Labute approximate surface area is 176 Å². The Balaban J connectivity index is 1.50. The average molecular weight is 399 g/mol. The van der Waals surface area contributed by atoms with Gasteiger partial charge >= 0.3 is 0 Å². The standard InChI is InChI=1S/C25H38N2O2/c1-25(2,3)22-13-11-21(12-14-22)24(29)27-17-7-16-26(18-19-27)23(28)15-10-20-8-5-4-6-9-20/h11-14,20H,4-10,15-19H2,1-3H3. The van der Waals surface area contributed by atoms with Crippen molar-refractivity contribution in [2.75, 3.05) is 26.2 Å². The van der Waals surface area contributed by atoms with Crippen LogP contribution in [0.4, 0.5) is 0 Å². The summed E-state index contributed by atoms with van der Waals surface area (Å²) < 4.78 is 0. The zero-order valence-corrected chi connectivity index (χ0v) is 18.6. The van der Waals surface area contributed by atoms with Crippen LogP contribution in [0.1, 0.15) is 88.1 Å². The number of carbonyl (C=O) groups is 2. The summed E-state index contributed by atoms with van der Waals surface area (Å²) in [4.78, 5) is 29.5. The summed E-state index contributed by atoms with van der Waals surface area (Å²) in [6, 6.07) is 8.01. The summed E-state index contributed by atoms with van der Waals surface area (Å²) in [6.45, 7) is 9.34.